The van der Waals surface area contributed by atoms with Crippen molar-refractivity contribution in [2.45, 2.75) is 25.4 Å². The number of aromatic nitrogens is 5. The Morgan fingerprint density at radius 3 is 2.74 bits per heavy atom. The van der Waals surface area contributed by atoms with Crippen molar-refractivity contribution >= 4 is 17.4 Å². The number of piperidine rings is 1. The average molecular weight is 307 g/mol. The van der Waals surface area contributed by atoms with Crippen LogP contribution in [0.3, 0.4) is 0 Å². The third kappa shape index (κ3) is 1.96. The molecule has 0 spiro atoms. The lowest BCUT2D eigenvalue weighted by atomic mass is 9.87. The molecule has 0 aromatic carbocycles. The van der Waals surface area contributed by atoms with Crippen LogP contribution < -0.4 is 9.80 Å². The number of rotatable bonds is 2. The number of fused-ring (bicyclic) bond motifs is 3. The maximum atomic E-state index is 4.73. The average Bonchev–Trinajstić information content (AvgIpc) is 3.02. The summed E-state index contributed by atoms with van der Waals surface area (Å²) in [5.41, 5.74) is 1.91. The summed E-state index contributed by atoms with van der Waals surface area (Å²) >= 11 is 0. The third-order valence-corrected chi connectivity index (χ3v) is 4.77. The lowest BCUT2D eigenvalue weighted by Crippen LogP contribution is -2.69. The number of aryl methyl sites for hydroxylation is 1. The molecule has 7 nitrogen and oxygen atoms in total. The van der Waals surface area contributed by atoms with Crippen LogP contribution in [0.4, 0.5) is 11.8 Å². The van der Waals surface area contributed by atoms with E-state index in [-0.39, 0.29) is 0 Å². The van der Waals surface area contributed by atoms with Crippen molar-refractivity contribution in [3.8, 4) is 0 Å². The molecule has 0 saturated carbocycles. The zero-order valence-corrected chi connectivity index (χ0v) is 12.9. The van der Waals surface area contributed by atoms with Crippen LogP contribution >= 0.6 is 0 Å². The molecule has 7 heteroatoms. The largest absolute Gasteiger partial charge is 0.347 e. The zero-order valence-electron chi connectivity index (χ0n) is 12.9. The SMILES string of the molecule is Cc1ccnc(N2CC3CC(C2)N3c2ccn3nccc3n2)n1. The third-order valence-electron chi connectivity index (χ3n) is 4.77. The maximum absolute atomic E-state index is 4.73. The predicted molar refractivity (Wildman–Crippen MR) is 86.6 cm³/mol. The summed E-state index contributed by atoms with van der Waals surface area (Å²) in [5.74, 6) is 1.89. The first kappa shape index (κ1) is 12.8. The van der Waals surface area contributed by atoms with E-state index < -0.39 is 0 Å². The van der Waals surface area contributed by atoms with Gasteiger partial charge in [-0.3, -0.25) is 0 Å². The summed E-state index contributed by atoms with van der Waals surface area (Å²) in [6.07, 6.45) is 6.81. The van der Waals surface area contributed by atoms with Crippen molar-refractivity contribution < 1.29 is 0 Å². The minimum Gasteiger partial charge on any atom is -0.347 e. The Morgan fingerprint density at radius 1 is 1.04 bits per heavy atom. The van der Waals surface area contributed by atoms with Crippen molar-refractivity contribution in [2.75, 3.05) is 22.9 Å². The highest BCUT2D eigenvalue weighted by atomic mass is 15.4. The molecule has 0 amide bonds. The van der Waals surface area contributed by atoms with Crippen LogP contribution in [-0.4, -0.2) is 49.7 Å². The summed E-state index contributed by atoms with van der Waals surface area (Å²) in [6, 6.07) is 6.89. The monoisotopic (exact) mass is 307 g/mol. The summed E-state index contributed by atoms with van der Waals surface area (Å²) < 4.78 is 1.80. The van der Waals surface area contributed by atoms with Crippen LogP contribution in [0.2, 0.25) is 0 Å². The van der Waals surface area contributed by atoms with Crippen molar-refractivity contribution in [1.82, 2.24) is 24.6 Å². The van der Waals surface area contributed by atoms with Crippen LogP contribution in [0.15, 0.2) is 36.8 Å². The van der Waals surface area contributed by atoms with Gasteiger partial charge in [-0.2, -0.15) is 5.10 Å². The molecule has 0 N–H and O–H groups in total. The second-order valence-electron chi connectivity index (χ2n) is 6.27. The van der Waals surface area contributed by atoms with Crippen molar-refractivity contribution in [3.05, 3.63) is 42.5 Å². The van der Waals surface area contributed by atoms with E-state index in [1.165, 1.54) is 6.42 Å². The zero-order chi connectivity index (χ0) is 15.4. The molecule has 3 saturated heterocycles. The highest BCUT2D eigenvalue weighted by Crippen LogP contribution is 2.37. The Kier molecular flexibility index (Phi) is 2.59. The fraction of sp³-hybridized carbons (Fsp3) is 0.375. The van der Waals surface area contributed by atoms with Crippen molar-refractivity contribution in [1.29, 1.82) is 0 Å². The summed E-state index contributed by atoms with van der Waals surface area (Å²) in [7, 11) is 0. The molecular formula is C16H17N7. The van der Waals surface area contributed by atoms with Gasteiger partial charge in [0, 0.05) is 37.2 Å². The van der Waals surface area contributed by atoms with Crippen LogP contribution in [0.5, 0.6) is 0 Å². The number of anilines is 2. The second kappa shape index (κ2) is 4.65. The highest BCUT2D eigenvalue weighted by molar-refractivity contribution is 5.54. The quantitative estimate of drug-likeness (QED) is 0.711. The van der Waals surface area contributed by atoms with Crippen molar-refractivity contribution in [3.63, 3.8) is 0 Å². The van der Waals surface area contributed by atoms with Gasteiger partial charge in [0.05, 0.1) is 18.3 Å². The Labute approximate surface area is 133 Å². The van der Waals surface area contributed by atoms with E-state index in [4.69, 9.17) is 4.98 Å². The molecule has 23 heavy (non-hydrogen) atoms. The van der Waals surface area contributed by atoms with Gasteiger partial charge in [-0.05, 0) is 25.5 Å². The Morgan fingerprint density at radius 2 is 1.91 bits per heavy atom. The molecule has 3 fully saturated rings. The Hall–Kier alpha value is -2.70. The number of hydrogen-bond donors (Lipinski definition) is 0. The fourth-order valence-electron chi connectivity index (χ4n) is 3.68. The van der Waals surface area contributed by atoms with E-state index in [1.807, 2.05) is 31.5 Å². The topological polar surface area (TPSA) is 62.5 Å². The first-order chi connectivity index (χ1) is 11.3. The van der Waals surface area contributed by atoms with E-state index in [9.17, 15) is 0 Å². The first-order valence-corrected chi connectivity index (χ1v) is 7.91. The number of hydrogen-bond acceptors (Lipinski definition) is 6. The molecule has 6 rings (SSSR count). The minimum absolute atomic E-state index is 0.482. The smallest absolute Gasteiger partial charge is 0.225 e. The van der Waals surface area contributed by atoms with E-state index in [1.54, 1.807) is 10.7 Å². The summed E-state index contributed by atoms with van der Waals surface area (Å²) in [6.45, 7) is 3.91. The lowest BCUT2D eigenvalue weighted by Gasteiger charge is -2.56. The molecule has 0 radical (unpaired) electrons. The molecule has 116 valence electrons. The number of piperazine rings is 1. The van der Waals surface area contributed by atoms with Crippen LogP contribution in [-0.2, 0) is 0 Å². The van der Waals surface area contributed by atoms with E-state index >= 15 is 0 Å². The molecule has 0 aliphatic carbocycles. The van der Waals surface area contributed by atoms with Gasteiger partial charge in [0.15, 0.2) is 5.65 Å². The molecule has 3 aromatic rings. The highest BCUT2D eigenvalue weighted by Gasteiger charge is 2.46. The van der Waals surface area contributed by atoms with Gasteiger partial charge in [0.25, 0.3) is 0 Å². The van der Waals surface area contributed by atoms with Crippen LogP contribution in [0.1, 0.15) is 12.1 Å². The summed E-state index contributed by atoms with van der Waals surface area (Å²) in [4.78, 5) is 18.4. The Bertz CT molecular complexity index is 862. The molecule has 2 bridgehead atoms. The van der Waals surface area contributed by atoms with Crippen LogP contribution in [0.25, 0.3) is 5.65 Å². The second-order valence-corrected chi connectivity index (χ2v) is 6.27. The van der Waals surface area contributed by atoms with E-state index in [0.717, 1.165) is 36.2 Å². The molecule has 3 aliphatic rings. The van der Waals surface area contributed by atoms with Gasteiger partial charge in [0.1, 0.15) is 5.82 Å². The molecule has 3 aromatic heterocycles. The Balaban J connectivity index is 1.40. The first-order valence-electron chi connectivity index (χ1n) is 7.91. The van der Waals surface area contributed by atoms with Crippen molar-refractivity contribution in [2.24, 2.45) is 0 Å². The van der Waals surface area contributed by atoms with Gasteiger partial charge in [-0.25, -0.2) is 19.5 Å². The van der Waals surface area contributed by atoms with Gasteiger partial charge in [-0.1, -0.05) is 0 Å². The molecule has 2 unspecified atom stereocenters. The fourth-order valence-corrected chi connectivity index (χ4v) is 3.68. The lowest BCUT2D eigenvalue weighted by molar-refractivity contribution is 0.287. The predicted octanol–water partition coefficient (Wildman–Crippen LogP) is 1.30. The maximum Gasteiger partial charge on any atom is 0.225 e. The molecule has 6 heterocycles. The normalized spacial score (nSPS) is 23.2. The van der Waals surface area contributed by atoms with Gasteiger partial charge in [-0.15, -0.1) is 0 Å². The summed E-state index contributed by atoms with van der Waals surface area (Å²) in [5, 5.41) is 4.21. The van der Waals surface area contributed by atoms with Gasteiger partial charge >= 0.3 is 0 Å². The van der Waals surface area contributed by atoms with E-state index in [2.05, 4.69) is 30.9 Å². The van der Waals surface area contributed by atoms with Gasteiger partial charge < -0.3 is 9.80 Å². The standard InChI is InChI=1S/C16H17N7/c1-11-2-5-17-16(19-11)21-9-12-8-13(10-21)23(12)15-4-7-22-14(20-15)3-6-18-22/h2-7,12-13H,8-10H2,1H3. The van der Waals surface area contributed by atoms with Crippen LogP contribution in [0, 0.1) is 6.92 Å². The minimum atomic E-state index is 0.482. The molecule has 2 atom stereocenters. The van der Waals surface area contributed by atoms with Gasteiger partial charge in [0.2, 0.25) is 5.95 Å². The molecular weight excluding hydrogens is 290 g/mol. The number of nitrogens with zero attached hydrogens (tertiary/aromatic N) is 7. The molecule has 3 aliphatic heterocycles. The van der Waals surface area contributed by atoms with E-state index in [0.29, 0.717) is 12.1 Å².